The number of esters is 2. The van der Waals surface area contributed by atoms with Crippen LogP contribution in [-0.2, 0) is 115 Å². The van der Waals surface area contributed by atoms with Gasteiger partial charge in [-0.25, -0.2) is 23.9 Å². The van der Waals surface area contributed by atoms with Crippen LogP contribution in [0.3, 0.4) is 0 Å². The van der Waals surface area contributed by atoms with E-state index < -0.39 is 198 Å². The van der Waals surface area contributed by atoms with Gasteiger partial charge in [-0.05, 0) is 132 Å². The summed E-state index contributed by atoms with van der Waals surface area (Å²) in [6.45, 7) is 20.7. The maximum absolute atomic E-state index is 15.8. The predicted octanol–water partition coefficient (Wildman–Crippen LogP) is 4.79. The number of carbonyl (C=O) groups is 15. The Morgan fingerprint density at radius 2 is 1.32 bits per heavy atom. The number of ether oxygens (including phenoxy) is 4. The van der Waals surface area contributed by atoms with Crippen LogP contribution in [0.1, 0.15) is 191 Å². The Kier molecular flexibility index (Phi) is 37.1. The summed E-state index contributed by atoms with van der Waals surface area (Å²) in [7, 11) is 5.15. The van der Waals surface area contributed by atoms with E-state index >= 15 is 4.39 Å². The molecule has 39 nitrogen and oxygen atoms in total. The van der Waals surface area contributed by atoms with Gasteiger partial charge in [-0.1, -0.05) is 112 Å². The SMILES string of the molecule is CCc1c2c(nc3cc(F)c(OCCNC(=O)CNC(=O)[C@H](C)NC(=O)[C@@H](NC(=O)CN(CC(=O)N[C@H](C(=O)N[C@@H](C)C(=O)NCC(=O)Nc4cc(C[C@@H](CCC(=O)O)NC(=O)c5csc([C@@H](C[C@H](C(C)C)N(C)C(=O)[C@@H](NC(=O)C(C)(C)N(C)C)[C@@H](C)CC)OC(C)=O)n5)ccc4O)C(C)C)C(=O)OCc4ccccc4)C(C)C)cc13)-c1cc3c(c(=O)n1C2)COC(=O)[C@]3(O)CC. The summed E-state index contributed by atoms with van der Waals surface area (Å²) in [6.07, 6.45) is -1.70. The van der Waals surface area contributed by atoms with Crippen LogP contribution in [-0.4, -0.2) is 242 Å². The van der Waals surface area contributed by atoms with Crippen LogP contribution < -0.4 is 63.5 Å². The summed E-state index contributed by atoms with van der Waals surface area (Å²) in [4.78, 5) is 229. The van der Waals surface area contributed by atoms with Crippen molar-refractivity contribution >= 4 is 117 Å². The van der Waals surface area contributed by atoms with Gasteiger partial charge in [-0.3, -0.25) is 76.9 Å². The molecule has 13 N–H and O–H groups in total. The molecular formula is C92H123FN16O23S. The lowest BCUT2D eigenvalue weighted by Crippen LogP contribution is -2.60. The zero-order valence-electron chi connectivity index (χ0n) is 78.1. The van der Waals surface area contributed by atoms with E-state index in [-0.39, 0.29) is 121 Å². The van der Waals surface area contributed by atoms with E-state index in [1.807, 2.05) is 34.6 Å². The van der Waals surface area contributed by atoms with E-state index in [1.54, 1.807) is 116 Å². The number of likely N-dealkylation sites (N-methyl/N-ethyl adjacent to an activating group) is 2. The number of nitrogens with one attached hydrogen (secondary N) is 10. The minimum Gasteiger partial charge on any atom is -0.506 e. The molecule has 3 aromatic heterocycles. The topological polar surface area (TPSA) is 531 Å². The second kappa shape index (κ2) is 46.8. The predicted molar refractivity (Wildman–Crippen MR) is 486 cm³/mol. The number of benzene rings is 3. The molecule has 8 rings (SSSR count). The first kappa shape index (κ1) is 105. The lowest BCUT2D eigenvalue weighted by molar-refractivity contribution is -0.172. The molecule has 0 aliphatic carbocycles. The smallest absolute Gasteiger partial charge is 0.411 e. The van der Waals surface area contributed by atoms with Gasteiger partial charge in [-0.2, -0.15) is 0 Å². The van der Waals surface area contributed by atoms with Crippen molar-refractivity contribution < 1.29 is 111 Å². The number of anilines is 1. The molecule has 0 radical (unpaired) electrons. The standard InChI is InChI=1S/C92H123FN16O23S/c1-19-50(10)78(105-88(125)91(14,15)106(16)17)87(124)107(18)66(47(4)5)38-70(132-53(13)110)85-102-65(46-133-85)82(120)99-56(28-30-75(116)117)33-55-27-29-68(111)64(34-55)100-72(113)40-96-81(119)52(12)98-84(122)77(49(8)9)104-74(115)43-108(90(127)131-44-54-25-23-22-24-26-54)42-73(114)103-76(48(6)7)83(121)97-51(11)80(118)95-39-71(112)94-31-32-129-69-35-58-57(20-2)59-41-109-67(79(59)101-63(58)37-62(69)93)36-61-60(86(109)123)45-130-89(126)92(61,128)21-3/h22-27,29,34-37,46-52,56,66,70,76-78,111,128H,19-21,28,30-33,38-45H2,1-18H3,(H,94,112)(H,95,118)(H,96,119)(H,97,121)(H,98,122)(H,99,120)(H,100,113)(H,103,114)(H,104,115)(H,105,125)(H,116,117)/t50-,51-,52-,56+,66+,70+,76-,77-,78-,92-/m0/s1. The quantitative estimate of drug-likeness (QED) is 0.0105. The fourth-order valence-electron chi connectivity index (χ4n) is 15.0. The first-order chi connectivity index (χ1) is 62.6. The first-order valence-corrected chi connectivity index (χ1v) is 44.9. The average Bonchev–Trinajstić information content (AvgIpc) is 1.58. The summed E-state index contributed by atoms with van der Waals surface area (Å²) in [5, 5.41) is 59.9. The molecule has 0 saturated heterocycles. The number of fused-ring (bicyclic) bond motifs is 5. The Hall–Kier alpha value is -13.1. The van der Waals surface area contributed by atoms with Crippen LogP contribution >= 0.6 is 11.3 Å². The van der Waals surface area contributed by atoms with Crippen molar-refractivity contribution in [1.29, 1.82) is 0 Å². The maximum atomic E-state index is 15.8. The third-order valence-electron chi connectivity index (χ3n) is 23.6. The van der Waals surface area contributed by atoms with Crippen molar-refractivity contribution in [2.75, 3.05) is 65.8 Å². The third kappa shape index (κ3) is 27.3. The number of aliphatic carboxylic acids is 1. The third-order valence-corrected chi connectivity index (χ3v) is 24.6. The van der Waals surface area contributed by atoms with Crippen molar-refractivity contribution in [3.63, 3.8) is 0 Å². The van der Waals surface area contributed by atoms with Crippen molar-refractivity contribution in [3.05, 3.63) is 132 Å². The summed E-state index contributed by atoms with van der Waals surface area (Å²) >= 11 is 1.02. The van der Waals surface area contributed by atoms with Crippen molar-refractivity contribution in [3.8, 4) is 22.9 Å². The number of cyclic esters (lactones) is 1. The van der Waals surface area contributed by atoms with Crippen LogP contribution in [0.25, 0.3) is 22.3 Å². The van der Waals surface area contributed by atoms with Gasteiger partial charge in [0.15, 0.2) is 23.3 Å². The average molecular weight is 1870 g/mol. The Labute approximate surface area is 773 Å². The molecule has 10 atom stereocenters. The second-order valence-electron chi connectivity index (χ2n) is 34.9. The van der Waals surface area contributed by atoms with Crippen molar-refractivity contribution in [2.24, 2.45) is 23.7 Å². The highest BCUT2D eigenvalue weighted by atomic mass is 32.1. The zero-order chi connectivity index (χ0) is 98.5. The Morgan fingerprint density at radius 3 is 1.89 bits per heavy atom. The number of hydrogen-bond donors (Lipinski definition) is 13. The highest BCUT2D eigenvalue weighted by Gasteiger charge is 2.47. The van der Waals surface area contributed by atoms with Gasteiger partial charge >= 0.3 is 24.0 Å². The molecule has 5 heterocycles. The Bertz CT molecular complexity index is 5390. The van der Waals surface area contributed by atoms with Gasteiger partial charge in [0.25, 0.3) is 11.5 Å². The number of thiazole rings is 1. The van der Waals surface area contributed by atoms with Crippen LogP contribution in [0.2, 0.25) is 0 Å². The fourth-order valence-corrected chi connectivity index (χ4v) is 15.9. The van der Waals surface area contributed by atoms with Gasteiger partial charge < -0.3 is 96.9 Å². The second-order valence-corrected chi connectivity index (χ2v) is 35.8. The number of carbonyl (C=O) groups excluding carboxylic acids is 14. The Morgan fingerprint density at radius 1 is 0.707 bits per heavy atom. The van der Waals surface area contributed by atoms with E-state index in [4.69, 9.17) is 23.9 Å². The number of pyridine rings is 2. The number of aryl methyl sites for hydroxylation is 1. The number of amides is 12. The van der Waals surface area contributed by atoms with E-state index in [0.29, 0.717) is 46.3 Å². The number of phenolic OH excluding ortho intramolecular Hbond substituents is 1. The fraction of sp³-hybridized carbons (Fsp3) is 0.522. The molecule has 2 aliphatic rings. The normalized spacial score (nSPS) is 15.3. The summed E-state index contributed by atoms with van der Waals surface area (Å²) in [5.41, 5.74) is 0.0271. The van der Waals surface area contributed by atoms with E-state index in [9.17, 15) is 92.0 Å². The minimum atomic E-state index is -2.04. The highest BCUT2D eigenvalue weighted by molar-refractivity contribution is 7.09. The molecule has 0 unspecified atom stereocenters. The molecule has 0 spiro atoms. The molecule has 133 heavy (non-hydrogen) atoms. The largest absolute Gasteiger partial charge is 0.506 e. The maximum Gasteiger partial charge on any atom is 0.411 e. The number of carboxylic acid groups (broad SMARTS) is 1. The minimum absolute atomic E-state index is 0.0407. The van der Waals surface area contributed by atoms with Crippen molar-refractivity contribution in [1.82, 2.24) is 77.1 Å². The van der Waals surface area contributed by atoms with E-state index in [2.05, 4.69) is 58.2 Å². The molecule has 2 aliphatic heterocycles. The molecule has 41 heteroatoms. The van der Waals surface area contributed by atoms with Crippen LogP contribution in [0.4, 0.5) is 14.9 Å². The monoisotopic (exact) mass is 1870 g/mol. The summed E-state index contributed by atoms with van der Waals surface area (Å²) < 4.78 is 39.5. The van der Waals surface area contributed by atoms with Crippen LogP contribution in [0.5, 0.6) is 11.5 Å². The highest BCUT2D eigenvalue weighted by Crippen LogP contribution is 2.42. The van der Waals surface area contributed by atoms with Crippen LogP contribution in [0, 0.1) is 29.5 Å². The van der Waals surface area contributed by atoms with Gasteiger partial charge in [-0.15, -0.1) is 11.3 Å². The number of hydrogen-bond acceptors (Lipinski definition) is 26. The molecule has 0 fully saturated rings. The number of aromatic nitrogens is 3. The number of phenols is 1. The molecule has 0 saturated carbocycles. The lowest BCUT2D eigenvalue weighted by atomic mass is 9.86. The molecule has 0 bridgehead atoms. The lowest BCUT2D eigenvalue weighted by Gasteiger charge is -2.38. The first-order valence-electron chi connectivity index (χ1n) is 44.1. The van der Waals surface area contributed by atoms with E-state index in [1.165, 1.54) is 61.1 Å². The number of aromatic hydroxyl groups is 1. The van der Waals surface area contributed by atoms with Gasteiger partial charge in [0, 0.05) is 66.9 Å². The molecular weight excluding hydrogens is 1750 g/mol. The summed E-state index contributed by atoms with van der Waals surface area (Å²) in [6, 6.07) is 8.98. The van der Waals surface area contributed by atoms with Gasteiger partial charge in [0.1, 0.15) is 79.6 Å². The van der Waals surface area contributed by atoms with E-state index in [0.717, 1.165) is 21.8 Å². The zero-order valence-corrected chi connectivity index (χ0v) is 79.0. The number of carboxylic acids is 1. The molecule has 6 aromatic rings. The van der Waals surface area contributed by atoms with Crippen molar-refractivity contribution in [2.45, 2.75) is 228 Å². The molecule has 12 amide bonds. The molecule has 3 aromatic carbocycles. The number of halogens is 1. The molecule has 722 valence electrons. The number of aliphatic hydroxyl groups is 1. The number of rotatable bonds is 46. The van der Waals surface area contributed by atoms with Crippen LogP contribution in [0.15, 0.2) is 76.9 Å². The van der Waals surface area contributed by atoms with Gasteiger partial charge in [0.2, 0.25) is 59.1 Å². The Balaban J connectivity index is 0.811. The number of nitrogens with zero attached hydrogens (tertiary/aromatic N) is 6. The summed E-state index contributed by atoms with van der Waals surface area (Å²) in [5.74, 6) is -14.2. The van der Waals surface area contributed by atoms with Gasteiger partial charge in [0.05, 0.1) is 59.9 Å².